The van der Waals surface area contributed by atoms with E-state index in [1.807, 2.05) is 0 Å². The Labute approximate surface area is 96.9 Å². The van der Waals surface area contributed by atoms with Crippen LogP contribution in [0.1, 0.15) is 27.7 Å². The predicted octanol–water partition coefficient (Wildman–Crippen LogP) is 3.30. The van der Waals surface area contributed by atoms with Gasteiger partial charge in [0.2, 0.25) is 0 Å². The average molecular weight is 246 g/mol. The van der Waals surface area contributed by atoms with E-state index < -0.39 is 7.60 Å². The van der Waals surface area contributed by atoms with Gasteiger partial charge in [-0.15, -0.1) is 0 Å². The molecule has 4 nitrogen and oxygen atoms in total. The molecule has 0 unspecified atom stereocenters. The second kappa shape index (κ2) is 7.55. The Morgan fingerprint density at radius 3 is 1.81 bits per heavy atom. The van der Waals surface area contributed by atoms with Gasteiger partial charge >= 0.3 is 7.60 Å². The van der Waals surface area contributed by atoms with Crippen LogP contribution in [-0.2, 0) is 18.4 Å². The molecule has 0 bridgehead atoms. The second-order valence-corrected chi connectivity index (χ2v) is 5.51. The zero-order chi connectivity index (χ0) is 12.6. The van der Waals surface area contributed by atoms with E-state index in [0.29, 0.717) is 6.29 Å². The molecule has 0 aromatic carbocycles. The fraction of sp³-hybridized carbons (Fsp3) is 0.545. The van der Waals surface area contributed by atoms with E-state index in [2.05, 4.69) is 0 Å². The van der Waals surface area contributed by atoms with Crippen molar-refractivity contribution < 1.29 is 18.4 Å². The van der Waals surface area contributed by atoms with Gasteiger partial charge in [-0.25, -0.2) is 0 Å². The van der Waals surface area contributed by atoms with Crippen molar-refractivity contribution in [2.24, 2.45) is 0 Å². The number of carbonyl (C=O) groups is 1. The topological polar surface area (TPSA) is 52.6 Å². The molecule has 16 heavy (non-hydrogen) atoms. The fourth-order valence-corrected chi connectivity index (χ4v) is 2.62. The van der Waals surface area contributed by atoms with Crippen LogP contribution in [0.15, 0.2) is 24.0 Å². The Morgan fingerprint density at radius 1 is 0.938 bits per heavy atom. The minimum atomic E-state index is -3.22. The molecular weight excluding hydrogens is 227 g/mol. The highest BCUT2D eigenvalue weighted by Gasteiger charge is 2.23. The van der Waals surface area contributed by atoms with Crippen LogP contribution in [0.2, 0.25) is 0 Å². The van der Waals surface area contributed by atoms with Crippen molar-refractivity contribution >= 4 is 13.9 Å². The summed E-state index contributed by atoms with van der Waals surface area (Å²) in [5.74, 6) is 1.35. The standard InChI is InChI=1S/C11H19O4P/c1-10(2)14-16(13,15-11(3)4)9-7-5-6-8-12/h5-11H,1-4H3/b6-5+,9-7-. The van der Waals surface area contributed by atoms with Crippen LogP contribution >= 0.6 is 7.60 Å². The molecule has 0 aliphatic heterocycles. The maximum atomic E-state index is 12.1. The first-order chi connectivity index (χ1) is 7.39. The van der Waals surface area contributed by atoms with E-state index in [1.165, 1.54) is 24.0 Å². The van der Waals surface area contributed by atoms with Gasteiger partial charge in [-0.1, -0.05) is 12.2 Å². The van der Waals surface area contributed by atoms with Crippen LogP contribution in [0.5, 0.6) is 0 Å². The van der Waals surface area contributed by atoms with Gasteiger partial charge in [0.05, 0.1) is 12.2 Å². The lowest BCUT2D eigenvalue weighted by Crippen LogP contribution is -2.06. The summed E-state index contributed by atoms with van der Waals surface area (Å²) < 4.78 is 22.7. The molecule has 0 aromatic heterocycles. The highest BCUT2D eigenvalue weighted by Crippen LogP contribution is 2.51. The van der Waals surface area contributed by atoms with E-state index in [1.54, 1.807) is 27.7 Å². The summed E-state index contributed by atoms with van der Waals surface area (Å²) in [7, 11) is -3.22. The van der Waals surface area contributed by atoms with Gasteiger partial charge in [0.25, 0.3) is 0 Å². The smallest absolute Gasteiger partial charge is 0.303 e. The molecule has 0 aliphatic carbocycles. The molecule has 0 saturated carbocycles. The summed E-state index contributed by atoms with van der Waals surface area (Å²) in [5.41, 5.74) is 0. The third kappa shape index (κ3) is 7.57. The largest absolute Gasteiger partial charge is 0.354 e. The van der Waals surface area contributed by atoms with E-state index in [9.17, 15) is 9.36 Å². The Hall–Kier alpha value is -0.700. The summed E-state index contributed by atoms with van der Waals surface area (Å²) in [5, 5.41) is 0. The van der Waals surface area contributed by atoms with E-state index in [-0.39, 0.29) is 12.2 Å². The van der Waals surface area contributed by atoms with Gasteiger partial charge in [0.15, 0.2) is 0 Å². The lowest BCUT2D eigenvalue weighted by Gasteiger charge is -2.19. The molecule has 0 aliphatic rings. The molecule has 0 fully saturated rings. The maximum absolute atomic E-state index is 12.1. The predicted molar refractivity (Wildman–Crippen MR) is 64.4 cm³/mol. The lowest BCUT2D eigenvalue weighted by atomic mass is 10.5. The van der Waals surface area contributed by atoms with Crippen molar-refractivity contribution in [3.63, 3.8) is 0 Å². The van der Waals surface area contributed by atoms with Crippen LogP contribution < -0.4 is 0 Å². The summed E-state index contributed by atoms with van der Waals surface area (Å²) >= 11 is 0. The normalized spacial score (nSPS) is 13.4. The summed E-state index contributed by atoms with van der Waals surface area (Å²) in [4.78, 5) is 10.0. The van der Waals surface area contributed by atoms with Crippen LogP contribution in [0.4, 0.5) is 0 Å². The number of rotatable bonds is 7. The number of hydrogen-bond acceptors (Lipinski definition) is 4. The van der Waals surface area contributed by atoms with E-state index in [4.69, 9.17) is 9.05 Å². The molecule has 0 atom stereocenters. The molecule has 0 saturated heterocycles. The zero-order valence-corrected chi connectivity index (χ0v) is 11.0. The van der Waals surface area contributed by atoms with Gasteiger partial charge in [0.1, 0.15) is 6.29 Å². The van der Waals surface area contributed by atoms with Crippen LogP contribution in [-0.4, -0.2) is 18.5 Å². The van der Waals surface area contributed by atoms with Crippen molar-refractivity contribution in [2.75, 3.05) is 0 Å². The molecule has 0 radical (unpaired) electrons. The van der Waals surface area contributed by atoms with Crippen LogP contribution in [0.25, 0.3) is 0 Å². The number of carbonyl (C=O) groups excluding carboxylic acids is 1. The van der Waals surface area contributed by atoms with Gasteiger partial charge in [-0.3, -0.25) is 9.36 Å². The van der Waals surface area contributed by atoms with Crippen molar-refractivity contribution in [2.45, 2.75) is 39.9 Å². The minimum absolute atomic E-state index is 0.190. The average Bonchev–Trinajstić information content (AvgIpc) is 2.09. The van der Waals surface area contributed by atoms with Crippen molar-refractivity contribution in [3.8, 4) is 0 Å². The molecule has 0 aromatic rings. The number of aldehydes is 1. The number of hydrogen-bond donors (Lipinski definition) is 0. The monoisotopic (exact) mass is 246 g/mol. The minimum Gasteiger partial charge on any atom is -0.303 e. The molecule has 5 heteroatoms. The van der Waals surface area contributed by atoms with Gasteiger partial charge < -0.3 is 9.05 Å². The second-order valence-electron chi connectivity index (χ2n) is 3.71. The first-order valence-electron chi connectivity index (χ1n) is 5.16. The van der Waals surface area contributed by atoms with E-state index >= 15 is 0 Å². The van der Waals surface area contributed by atoms with Gasteiger partial charge in [0, 0.05) is 5.82 Å². The highest BCUT2D eigenvalue weighted by molar-refractivity contribution is 7.57. The molecule has 0 N–H and O–H groups in total. The zero-order valence-electron chi connectivity index (χ0n) is 10.1. The van der Waals surface area contributed by atoms with Gasteiger partial charge in [-0.05, 0) is 33.8 Å². The summed E-state index contributed by atoms with van der Waals surface area (Å²) in [6, 6.07) is 0. The third-order valence-corrected chi connectivity index (χ3v) is 3.25. The van der Waals surface area contributed by atoms with Crippen molar-refractivity contribution in [1.29, 1.82) is 0 Å². The quantitative estimate of drug-likeness (QED) is 0.299. The molecule has 92 valence electrons. The number of allylic oxidation sites excluding steroid dienone is 3. The summed E-state index contributed by atoms with van der Waals surface area (Å²) in [6.45, 7) is 7.13. The molecular formula is C11H19O4P. The first-order valence-corrected chi connectivity index (χ1v) is 6.77. The molecule has 0 rings (SSSR count). The Balaban J connectivity index is 4.65. The Morgan fingerprint density at radius 2 is 1.44 bits per heavy atom. The molecule has 0 amide bonds. The SMILES string of the molecule is CC(C)OP(=O)(/C=C\C=C\C=O)OC(C)C. The highest BCUT2D eigenvalue weighted by atomic mass is 31.2. The van der Waals surface area contributed by atoms with Crippen LogP contribution in [0.3, 0.4) is 0 Å². The molecule has 0 heterocycles. The third-order valence-electron chi connectivity index (χ3n) is 1.28. The van der Waals surface area contributed by atoms with E-state index in [0.717, 1.165) is 0 Å². The fourth-order valence-electron chi connectivity index (χ4n) is 0.947. The van der Waals surface area contributed by atoms with Crippen molar-refractivity contribution in [3.05, 3.63) is 24.0 Å². The maximum Gasteiger partial charge on any atom is 0.354 e. The van der Waals surface area contributed by atoms with Crippen molar-refractivity contribution in [1.82, 2.24) is 0 Å². The Kier molecular flexibility index (Phi) is 7.22. The summed E-state index contributed by atoms with van der Waals surface area (Å²) in [6.07, 6.45) is 4.52. The first kappa shape index (κ1) is 15.3. The van der Waals surface area contributed by atoms with Crippen LogP contribution in [0, 0.1) is 0 Å². The Bertz CT molecular complexity index is 291. The van der Waals surface area contributed by atoms with Gasteiger partial charge in [-0.2, -0.15) is 0 Å². The molecule has 0 spiro atoms. The lowest BCUT2D eigenvalue weighted by molar-refractivity contribution is -0.104.